The first kappa shape index (κ1) is 25.7. The Hall–Kier alpha value is 0.723. The van der Waals surface area contributed by atoms with Crippen LogP contribution in [0.5, 0.6) is 0 Å². The van der Waals surface area contributed by atoms with Crippen LogP contribution in [0, 0.1) is 0 Å². The van der Waals surface area contributed by atoms with E-state index in [9.17, 15) is 0 Å². The summed E-state index contributed by atoms with van der Waals surface area (Å²) in [6.45, 7) is 22.9. The SMILES string of the molecule is C[C](C)(CCN)[Zr]([C](C)(C)CCN)([C](C)(C)CCN)[C](C)(C)CCN. The molecule has 0 atom stereocenters. The van der Waals surface area contributed by atoms with Crippen LogP contribution in [0.2, 0.25) is 12.5 Å². The fourth-order valence-corrected chi connectivity index (χ4v) is 39.8. The number of nitrogens with two attached hydrogens (primary N) is 4. The molecule has 0 saturated carbocycles. The van der Waals surface area contributed by atoms with Gasteiger partial charge >= 0.3 is 163 Å². The molecule has 0 aliphatic heterocycles. The quantitative estimate of drug-likeness (QED) is 0.366. The van der Waals surface area contributed by atoms with Gasteiger partial charge in [0.1, 0.15) is 0 Å². The van der Waals surface area contributed by atoms with E-state index in [1.54, 1.807) is 0 Å². The zero-order valence-electron chi connectivity index (χ0n) is 18.5. The Morgan fingerprint density at radius 2 is 0.600 bits per heavy atom. The molecular weight excluding hydrogens is 387 g/mol. The van der Waals surface area contributed by atoms with Crippen LogP contribution in [0.3, 0.4) is 0 Å². The third-order valence-corrected chi connectivity index (χ3v) is 29.6. The monoisotopic (exact) mass is 434 g/mol. The van der Waals surface area contributed by atoms with Gasteiger partial charge in [0, 0.05) is 0 Å². The van der Waals surface area contributed by atoms with Crippen LogP contribution in [-0.2, 0) is 20.3 Å². The van der Waals surface area contributed by atoms with Crippen molar-refractivity contribution in [2.45, 2.75) is 93.6 Å². The predicted octanol–water partition coefficient (Wildman–Crippen LogP) is 4.33. The summed E-state index contributed by atoms with van der Waals surface area (Å²) in [7, 11) is 0. The van der Waals surface area contributed by atoms with Gasteiger partial charge < -0.3 is 0 Å². The second kappa shape index (κ2) is 9.28. The van der Waals surface area contributed by atoms with Crippen LogP contribution in [0.4, 0.5) is 0 Å². The molecule has 0 saturated heterocycles. The fraction of sp³-hybridized carbons (Fsp3) is 1.00. The van der Waals surface area contributed by atoms with E-state index in [0.29, 0.717) is 0 Å². The average molecular weight is 436 g/mol. The Balaban J connectivity index is 6.97. The van der Waals surface area contributed by atoms with Crippen LogP contribution in [0.15, 0.2) is 0 Å². The molecule has 152 valence electrons. The first-order valence-electron chi connectivity index (χ1n) is 10.0. The minimum atomic E-state index is -3.17. The van der Waals surface area contributed by atoms with Crippen molar-refractivity contribution in [3.8, 4) is 0 Å². The fourth-order valence-electron chi connectivity index (χ4n) is 7.69. The first-order valence-corrected chi connectivity index (χ1v) is 15.0. The van der Waals surface area contributed by atoms with Crippen molar-refractivity contribution in [2.24, 2.45) is 22.9 Å². The molecule has 0 amide bonds. The van der Waals surface area contributed by atoms with E-state index >= 15 is 0 Å². The Morgan fingerprint density at radius 1 is 0.440 bits per heavy atom. The van der Waals surface area contributed by atoms with Gasteiger partial charge in [0.05, 0.1) is 0 Å². The summed E-state index contributed by atoms with van der Waals surface area (Å²) in [4.78, 5) is 0. The van der Waals surface area contributed by atoms with Crippen LogP contribution in [0.1, 0.15) is 81.1 Å². The molecule has 5 heteroatoms. The maximum atomic E-state index is 6.12. The molecule has 0 aromatic rings. The Labute approximate surface area is 162 Å². The minimum absolute atomic E-state index is 0.236. The molecule has 4 nitrogen and oxygen atoms in total. The van der Waals surface area contributed by atoms with Gasteiger partial charge in [-0.25, -0.2) is 0 Å². The van der Waals surface area contributed by atoms with Crippen molar-refractivity contribution >= 4 is 0 Å². The van der Waals surface area contributed by atoms with Gasteiger partial charge in [-0.3, -0.25) is 0 Å². The maximum absolute atomic E-state index is 6.12. The molecule has 0 spiro atoms. The van der Waals surface area contributed by atoms with Crippen molar-refractivity contribution in [3.63, 3.8) is 0 Å². The zero-order chi connectivity index (χ0) is 20.2. The molecule has 0 heterocycles. The predicted molar refractivity (Wildman–Crippen MR) is 111 cm³/mol. The third kappa shape index (κ3) is 4.59. The molecule has 0 unspecified atom stereocenters. The second-order valence-electron chi connectivity index (χ2n) is 10.4. The number of hydrogen-bond donors (Lipinski definition) is 4. The molecule has 8 N–H and O–H groups in total. The van der Waals surface area contributed by atoms with E-state index in [4.69, 9.17) is 22.9 Å². The van der Waals surface area contributed by atoms with Gasteiger partial charge in [0.2, 0.25) is 0 Å². The van der Waals surface area contributed by atoms with Crippen molar-refractivity contribution < 1.29 is 20.3 Å². The summed E-state index contributed by atoms with van der Waals surface area (Å²) in [5.41, 5.74) is 24.5. The van der Waals surface area contributed by atoms with Gasteiger partial charge in [-0.15, -0.1) is 0 Å². The summed E-state index contributed by atoms with van der Waals surface area (Å²) < 4.78 is 0.942. The van der Waals surface area contributed by atoms with Gasteiger partial charge in [-0.2, -0.15) is 0 Å². The van der Waals surface area contributed by atoms with Crippen LogP contribution >= 0.6 is 0 Å². The molecule has 0 radical (unpaired) electrons. The molecule has 0 aromatic carbocycles. The summed E-state index contributed by atoms with van der Waals surface area (Å²) in [5.74, 6) is 0. The van der Waals surface area contributed by atoms with Crippen LogP contribution in [-0.4, -0.2) is 26.2 Å². The van der Waals surface area contributed by atoms with Crippen molar-refractivity contribution in [1.29, 1.82) is 0 Å². The average Bonchev–Trinajstić information content (AvgIpc) is 2.36. The van der Waals surface area contributed by atoms with Gasteiger partial charge in [0.15, 0.2) is 0 Å². The van der Waals surface area contributed by atoms with E-state index in [-0.39, 0.29) is 12.5 Å². The molecule has 0 aromatic heterocycles. The summed E-state index contributed by atoms with van der Waals surface area (Å²) in [5, 5.41) is 0. The van der Waals surface area contributed by atoms with E-state index in [0.717, 1.165) is 51.9 Å². The van der Waals surface area contributed by atoms with Gasteiger partial charge in [0.25, 0.3) is 0 Å². The first-order chi connectivity index (χ1) is 11.2. The second-order valence-corrected chi connectivity index (χ2v) is 27.4. The summed E-state index contributed by atoms with van der Waals surface area (Å²) >= 11 is -3.17. The van der Waals surface area contributed by atoms with Crippen molar-refractivity contribution in [2.75, 3.05) is 26.2 Å². The molecule has 0 aliphatic rings. The van der Waals surface area contributed by atoms with E-state index in [1.807, 2.05) is 0 Å². The van der Waals surface area contributed by atoms with E-state index < -0.39 is 20.3 Å². The molecule has 0 fully saturated rings. The molecule has 0 rings (SSSR count). The molecular formula is C20H48N4Zr. The Kier molecular flexibility index (Phi) is 9.55. The molecule has 0 bridgehead atoms. The number of rotatable bonds is 12. The van der Waals surface area contributed by atoms with E-state index in [2.05, 4.69) is 55.4 Å². The van der Waals surface area contributed by atoms with Crippen LogP contribution < -0.4 is 22.9 Å². The van der Waals surface area contributed by atoms with Crippen molar-refractivity contribution in [3.05, 3.63) is 0 Å². The normalized spacial score (nSPS) is 14.9. The summed E-state index contributed by atoms with van der Waals surface area (Å²) in [6.07, 6.45) is 4.27. The van der Waals surface area contributed by atoms with Crippen molar-refractivity contribution in [1.82, 2.24) is 0 Å². The van der Waals surface area contributed by atoms with Crippen LogP contribution in [0.25, 0.3) is 0 Å². The molecule has 25 heavy (non-hydrogen) atoms. The van der Waals surface area contributed by atoms with E-state index in [1.165, 1.54) is 0 Å². The van der Waals surface area contributed by atoms with Gasteiger partial charge in [-0.05, 0) is 0 Å². The zero-order valence-corrected chi connectivity index (χ0v) is 20.9. The third-order valence-electron chi connectivity index (χ3n) is 7.14. The Morgan fingerprint density at radius 3 is 0.720 bits per heavy atom. The number of hydrogen-bond acceptors (Lipinski definition) is 4. The standard InChI is InChI=1S/4C5H12N.Zr/c4*1-5(2)3-4-6;/h4*3-4,6H2,1-2H3;. The topological polar surface area (TPSA) is 104 Å². The van der Waals surface area contributed by atoms with Gasteiger partial charge in [-0.1, -0.05) is 0 Å². The molecule has 0 aliphatic carbocycles. The Bertz CT molecular complexity index is 325. The summed E-state index contributed by atoms with van der Waals surface area (Å²) in [6, 6.07) is 0.